The third-order valence-electron chi connectivity index (χ3n) is 4.07. The summed E-state index contributed by atoms with van der Waals surface area (Å²) < 4.78 is 1.99. The van der Waals surface area contributed by atoms with E-state index in [0.29, 0.717) is 5.92 Å². The van der Waals surface area contributed by atoms with Gasteiger partial charge in [0.25, 0.3) is 0 Å². The summed E-state index contributed by atoms with van der Waals surface area (Å²) in [5, 5.41) is 5.08. The first kappa shape index (κ1) is 13.9. The second-order valence-corrected chi connectivity index (χ2v) is 6.07. The third kappa shape index (κ3) is 2.89. The van der Waals surface area contributed by atoms with E-state index in [1.165, 1.54) is 25.7 Å². The highest BCUT2D eigenvalue weighted by molar-refractivity contribution is 6.31. The minimum atomic E-state index is 0.0364. The molecule has 0 aliphatic heterocycles. The highest BCUT2D eigenvalue weighted by Crippen LogP contribution is 2.37. The largest absolute Gasteiger partial charge is 0.322 e. The van der Waals surface area contributed by atoms with Crippen molar-refractivity contribution in [2.24, 2.45) is 17.6 Å². The van der Waals surface area contributed by atoms with Crippen LogP contribution < -0.4 is 5.73 Å². The van der Waals surface area contributed by atoms with Crippen LogP contribution in [0.3, 0.4) is 0 Å². The van der Waals surface area contributed by atoms with Gasteiger partial charge in [0.1, 0.15) is 0 Å². The van der Waals surface area contributed by atoms with Gasteiger partial charge in [-0.3, -0.25) is 4.68 Å². The molecule has 0 radical (unpaired) electrons. The van der Waals surface area contributed by atoms with Crippen molar-refractivity contribution < 1.29 is 0 Å². The Bertz CT molecular complexity index is 388. The minimum Gasteiger partial charge on any atom is -0.322 e. The zero-order valence-electron chi connectivity index (χ0n) is 11.4. The molecule has 3 unspecified atom stereocenters. The molecule has 0 spiro atoms. The van der Waals surface area contributed by atoms with Gasteiger partial charge in [-0.15, -0.1) is 0 Å². The molecule has 1 aliphatic carbocycles. The predicted octanol–water partition coefficient (Wildman–Crippen LogP) is 3.77. The first-order valence-electron chi connectivity index (χ1n) is 7.10. The van der Waals surface area contributed by atoms with E-state index in [0.717, 1.165) is 29.6 Å². The molecule has 3 atom stereocenters. The van der Waals surface area contributed by atoms with Crippen LogP contribution in [-0.2, 0) is 6.54 Å². The highest BCUT2D eigenvalue weighted by atomic mass is 35.5. The normalized spacial score (nSPS) is 26.2. The number of nitrogens with two attached hydrogens (primary N) is 1. The fraction of sp³-hybridized carbons (Fsp3) is 0.786. The van der Waals surface area contributed by atoms with Crippen LogP contribution in [0.1, 0.15) is 57.7 Å². The Morgan fingerprint density at radius 2 is 2.33 bits per heavy atom. The van der Waals surface area contributed by atoms with Crippen LogP contribution in [0, 0.1) is 11.8 Å². The number of aryl methyl sites for hydroxylation is 1. The standard InChI is InChI=1S/C14H24ClN3/c1-3-7-18-14(12(15)9-17-18)13(16)11-6-4-5-10(2)8-11/h9-11,13H,3-8,16H2,1-2H3. The van der Waals surface area contributed by atoms with Gasteiger partial charge in [-0.2, -0.15) is 5.10 Å². The highest BCUT2D eigenvalue weighted by Gasteiger charge is 2.28. The van der Waals surface area contributed by atoms with Gasteiger partial charge in [0.2, 0.25) is 0 Å². The van der Waals surface area contributed by atoms with Gasteiger partial charge in [0.15, 0.2) is 0 Å². The van der Waals surface area contributed by atoms with E-state index in [1.54, 1.807) is 6.20 Å². The van der Waals surface area contributed by atoms with Crippen LogP contribution in [0.5, 0.6) is 0 Å². The number of hydrogen-bond acceptors (Lipinski definition) is 2. The Labute approximate surface area is 115 Å². The molecule has 4 heteroatoms. The fourth-order valence-corrected chi connectivity index (χ4v) is 3.39. The smallest absolute Gasteiger partial charge is 0.0834 e. The summed E-state index contributed by atoms with van der Waals surface area (Å²) in [5.41, 5.74) is 7.50. The van der Waals surface area contributed by atoms with Gasteiger partial charge < -0.3 is 5.73 Å². The van der Waals surface area contributed by atoms with Gasteiger partial charge in [-0.25, -0.2) is 0 Å². The van der Waals surface area contributed by atoms with Crippen molar-refractivity contribution in [1.82, 2.24) is 9.78 Å². The van der Waals surface area contributed by atoms with Crippen molar-refractivity contribution in [2.75, 3.05) is 0 Å². The SMILES string of the molecule is CCCn1ncc(Cl)c1C(N)C1CCCC(C)C1. The van der Waals surface area contributed by atoms with Crippen LogP contribution >= 0.6 is 11.6 Å². The van der Waals surface area contributed by atoms with Crippen LogP contribution in [0.2, 0.25) is 5.02 Å². The maximum absolute atomic E-state index is 6.46. The molecule has 1 aromatic heterocycles. The van der Waals surface area contributed by atoms with Gasteiger partial charge >= 0.3 is 0 Å². The molecule has 0 bridgehead atoms. The first-order chi connectivity index (χ1) is 8.63. The fourth-order valence-electron chi connectivity index (χ4n) is 3.12. The Kier molecular flexibility index (Phi) is 4.68. The summed E-state index contributed by atoms with van der Waals surface area (Å²) in [6.07, 6.45) is 7.86. The van der Waals surface area contributed by atoms with E-state index in [9.17, 15) is 0 Å². The van der Waals surface area contributed by atoms with E-state index in [-0.39, 0.29) is 6.04 Å². The van der Waals surface area contributed by atoms with Crippen LogP contribution in [0.25, 0.3) is 0 Å². The van der Waals surface area contributed by atoms with Crippen molar-refractivity contribution in [3.63, 3.8) is 0 Å². The predicted molar refractivity (Wildman–Crippen MR) is 75.6 cm³/mol. The Balaban J connectivity index is 2.16. The molecule has 0 amide bonds. The monoisotopic (exact) mass is 269 g/mol. The lowest BCUT2D eigenvalue weighted by Crippen LogP contribution is -2.28. The van der Waals surface area contributed by atoms with E-state index in [4.69, 9.17) is 17.3 Å². The van der Waals surface area contributed by atoms with Crippen LogP contribution in [0.4, 0.5) is 0 Å². The Hall–Kier alpha value is -0.540. The molecule has 0 saturated heterocycles. The lowest BCUT2D eigenvalue weighted by atomic mass is 9.78. The van der Waals surface area contributed by atoms with Crippen LogP contribution in [0.15, 0.2) is 6.20 Å². The van der Waals surface area contributed by atoms with E-state index in [1.807, 2.05) is 4.68 Å². The quantitative estimate of drug-likeness (QED) is 0.904. The molecule has 3 nitrogen and oxygen atoms in total. The summed E-state index contributed by atoms with van der Waals surface area (Å²) >= 11 is 6.27. The zero-order valence-corrected chi connectivity index (χ0v) is 12.2. The van der Waals surface area contributed by atoms with Crippen molar-refractivity contribution >= 4 is 11.6 Å². The van der Waals surface area contributed by atoms with E-state index >= 15 is 0 Å². The summed E-state index contributed by atoms with van der Waals surface area (Å²) in [4.78, 5) is 0. The summed E-state index contributed by atoms with van der Waals surface area (Å²) in [7, 11) is 0. The second kappa shape index (κ2) is 6.07. The average Bonchev–Trinajstić information content (AvgIpc) is 2.70. The number of aromatic nitrogens is 2. The molecular weight excluding hydrogens is 246 g/mol. The summed E-state index contributed by atoms with van der Waals surface area (Å²) in [6, 6.07) is 0.0364. The number of halogens is 1. The molecule has 1 fully saturated rings. The molecule has 102 valence electrons. The van der Waals surface area contributed by atoms with Crippen molar-refractivity contribution in [2.45, 2.75) is 58.5 Å². The number of rotatable bonds is 4. The van der Waals surface area contributed by atoms with Crippen molar-refractivity contribution in [3.8, 4) is 0 Å². The van der Waals surface area contributed by atoms with E-state index < -0.39 is 0 Å². The molecule has 1 aliphatic rings. The van der Waals surface area contributed by atoms with Crippen molar-refractivity contribution in [3.05, 3.63) is 16.9 Å². The van der Waals surface area contributed by atoms with Gasteiger partial charge in [0.05, 0.1) is 23.0 Å². The lowest BCUT2D eigenvalue weighted by Gasteiger charge is -2.31. The molecular formula is C14H24ClN3. The van der Waals surface area contributed by atoms with Gasteiger partial charge in [-0.05, 0) is 31.1 Å². The third-order valence-corrected chi connectivity index (χ3v) is 4.36. The molecule has 1 aromatic rings. The molecule has 18 heavy (non-hydrogen) atoms. The number of nitrogens with zero attached hydrogens (tertiary/aromatic N) is 2. The summed E-state index contributed by atoms with van der Waals surface area (Å²) in [6.45, 7) is 5.37. The molecule has 2 N–H and O–H groups in total. The topological polar surface area (TPSA) is 43.8 Å². The number of hydrogen-bond donors (Lipinski definition) is 1. The minimum absolute atomic E-state index is 0.0364. The Morgan fingerprint density at radius 1 is 1.56 bits per heavy atom. The second-order valence-electron chi connectivity index (χ2n) is 5.66. The first-order valence-corrected chi connectivity index (χ1v) is 7.48. The maximum Gasteiger partial charge on any atom is 0.0834 e. The Morgan fingerprint density at radius 3 is 3.00 bits per heavy atom. The van der Waals surface area contributed by atoms with Gasteiger partial charge in [-0.1, -0.05) is 38.3 Å². The molecule has 2 rings (SSSR count). The average molecular weight is 270 g/mol. The van der Waals surface area contributed by atoms with E-state index in [2.05, 4.69) is 18.9 Å². The molecule has 1 heterocycles. The van der Waals surface area contributed by atoms with Crippen molar-refractivity contribution in [1.29, 1.82) is 0 Å². The molecule has 0 aromatic carbocycles. The molecule has 1 saturated carbocycles. The van der Waals surface area contributed by atoms with Crippen LogP contribution in [-0.4, -0.2) is 9.78 Å². The maximum atomic E-state index is 6.46. The lowest BCUT2D eigenvalue weighted by molar-refractivity contribution is 0.241. The summed E-state index contributed by atoms with van der Waals surface area (Å²) in [5.74, 6) is 1.34. The van der Waals surface area contributed by atoms with Gasteiger partial charge in [0, 0.05) is 6.54 Å². The zero-order chi connectivity index (χ0) is 13.1.